The van der Waals surface area contributed by atoms with Gasteiger partial charge in [-0.25, -0.2) is 0 Å². The van der Waals surface area contributed by atoms with Gasteiger partial charge in [-0.15, -0.1) is 0 Å². The van der Waals surface area contributed by atoms with Gasteiger partial charge in [-0.1, -0.05) is 20.3 Å². The third-order valence-corrected chi connectivity index (χ3v) is 3.07. The topological polar surface area (TPSA) is 32.3 Å². The van der Waals surface area contributed by atoms with Crippen molar-refractivity contribution in [2.45, 2.75) is 46.1 Å². The first-order valence-corrected chi connectivity index (χ1v) is 5.49. The number of hydrogen-bond acceptors (Lipinski definition) is 2. The van der Waals surface area contributed by atoms with Gasteiger partial charge in [0.2, 0.25) is 0 Å². The molecule has 2 nitrogen and oxygen atoms in total. The highest BCUT2D eigenvalue weighted by Crippen LogP contribution is 2.34. The third kappa shape index (κ3) is 4.10. The van der Waals surface area contributed by atoms with Crippen LogP contribution in [0.1, 0.15) is 40.0 Å². The van der Waals surface area contributed by atoms with Crippen LogP contribution < -0.4 is 5.32 Å². The maximum absolute atomic E-state index is 7.57. The molecule has 2 N–H and O–H groups in total. The summed E-state index contributed by atoms with van der Waals surface area (Å²) >= 11 is 0. The predicted octanol–water partition coefficient (Wildman–Crippen LogP) is 2.03. The molecule has 80 valence electrons. The van der Waals surface area contributed by atoms with Crippen molar-refractivity contribution in [3.05, 3.63) is 0 Å². The number of aliphatic hydroxyl groups is 1. The molecular formula is C11H25NO. The minimum atomic E-state index is 0.250. The van der Waals surface area contributed by atoms with Crippen LogP contribution in [-0.4, -0.2) is 24.8 Å². The molecule has 0 aromatic heterocycles. The molecule has 3 unspecified atom stereocenters. The van der Waals surface area contributed by atoms with Gasteiger partial charge < -0.3 is 10.4 Å². The summed E-state index contributed by atoms with van der Waals surface area (Å²) in [5.74, 6) is 1.89. The molecule has 0 saturated heterocycles. The SMILES string of the molecule is CCC(C)C1CCC1NC.CCO. The second-order valence-corrected chi connectivity index (χ2v) is 3.84. The van der Waals surface area contributed by atoms with Gasteiger partial charge in [-0.05, 0) is 38.6 Å². The Kier molecular flexibility index (Phi) is 7.29. The van der Waals surface area contributed by atoms with E-state index in [0.29, 0.717) is 0 Å². The van der Waals surface area contributed by atoms with Gasteiger partial charge in [-0.3, -0.25) is 0 Å². The van der Waals surface area contributed by atoms with Gasteiger partial charge in [-0.2, -0.15) is 0 Å². The van der Waals surface area contributed by atoms with Crippen molar-refractivity contribution in [1.29, 1.82) is 0 Å². The molecule has 1 aliphatic rings. The molecule has 1 fully saturated rings. The van der Waals surface area contributed by atoms with E-state index < -0.39 is 0 Å². The second-order valence-electron chi connectivity index (χ2n) is 3.84. The fourth-order valence-corrected chi connectivity index (χ4v) is 1.87. The lowest BCUT2D eigenvalue weighted by molar-refractivity contribution is 0.149. The highest BCUT2D eigenvalue weighted by Gasteiger charge is 2.32. The Balaban J connectivity index is 0.000000424. The Morgan fingerprint density at radius 3 is 2.15 bits per heavy atom. The minimum Gasteiger partial charge on any atom is -0.397 e. The van der Waals surface area contributed by atoms with E-state index in [1.807, 2.05) is 0 Å². The first-order valence-electron chi connectivity index (χ1n) is 5.49. The van der Waals surface area contributed by atoms with Crippen LogP contribution in [0.2, 0.25) is 0 Å². The van der Waals surface area contributed by atoms with E-state index in [1.54, 1.807) is 6.92 Å². The van der Waals surface area contributed by atoms with Crippen LogP contribution in [0.25, 0.3) is 0 Å². The predicted molar refractivity (Wildman–Crippen MR) is 57.8 cm³/mol. The molecule has 0 aliphatic heterocycles. The quantitative estimate of drug-likeness (QED) is 0.708. The first kappa shape index (κ1) is 12.9. The van der Waals surface area contributed by atoms with Crippen molar-refractivity contribution >= 4 is 0 Å². The van der Waals surface area contributed by atoms with E-state index >= 15 is 0 Å². The average Bonchev–Trinajstić information content (AvgIpc) is 2.04. The van der Waals surface area contributed by atoms with E-state index in [-0.39, 0.29) is 6.61 Å². The van der Waals surface area contributed by atoms with Crippen molar-refractivity contribution in [2.24, 2.45) is 11.8 Å². The molecule has 2 heteroatoms. The number of aliphatic hydroxyl groups excluding tert-OH is 1. The third-order valence-electron chi connectivity index (χ3n) is 3.07. The van der Waals surface area contributed by atoms with Crippen molar-refractivity contribution in [2.75, 3.05) is 13.7 Å². The lowest BCUT2D eigenvalue weighted by Crippen LogP contribution is -2.44. The van der Waals surface area contributed by atoms with Crippen molar-refractivity contribution in [1.82, 2.24) is 5.32 Å². The Morgan fingerprint density at radius 1 is 1.38 bits per heavy atom. The van der Waals surface area contributed by atoms with Crippen molar-refractivity contribution < 1.29 is 5.11 Å². The van der Waals surface area contributed by atoms with Gasteiger partial charge in [0.15, 0.2) is 0 Å². The summed E-state index contributed by atoms with van der Waals surface area (Å²) in [6, 6.07) is 0.829. The summed E-state index contributed by atoms with van der Waals surface area (Å²) in [6.45, 7) is 6.59. The molecule has 0 amide bonds. The smallest absolute Gasteiger partial charge is 0.0402 e. The van der Waals surface area contributed by atoms with Crippen LogP contribution in [0.3, 0.4) is 0 Å². The van der Waals surface area contributed by atoms with E-state index in [2.05, 4.69) is 26.2 Å². The highest BCUT2D eigenvalue weighted by atomic mass is 16.2. The molecule has 0 heterocycles. The maximum atomic E-state index is 7.57. The van der Waals surface area contributed by atoms with Crippen LogP contribution in [0.15, 0.2) is 0 Å². The van der Waals surface area contributed by atoms with Crippen LogP contribution in [0.5, 0.6) is 0 Å². The lowest BCUT2D eigenvalue weighted by atomic mass is 9.71. The molecule has 0 bridgehead atoms. The molecule has 1 rings (SSSR count). The average molecular weight is 187 g/mol. The van der Waals surface area contributed by atoms with Crippen molar-refractivity contribution in [3.8, 4) is 0 Å². The van der Waals surface area contributed by atoms with Gasteiger partial charge in [0, 0.05) is 12.6 Å². The monoisotopic (exact) mass is 187 g/mol. The zero-order valence-electron chi connectivity index (χ0n) is 9.51. The summed E-state index contributed by atoms with van der Waals surface area (Å²) in [5.41, 5.74) is 0. The van der Waals surface area contributed by atoms with Crippen LogP contribution in [0.4, 0.5) is 0 Å². The first-order chi connectivity index (χ1) is 6.21. The van der Waals surface area contributed by atoms with Gasteiger partial charge in [0.25, 0.3) is 0 Å². The van der Waals surface area contributed by atoms with Crippen LogP contribution >= 0.6 is 0 Å². The molecule has 0 spiro atoms. The lowest BCUT2D eigenvalue weighted by Gasteiger charge is -2.40. The Bertz CT molecular complexity index is 108. The number of hydrogen-bond donors (Lipinski definition) is 2. The largest absolute Gasteiger partial charge is 0.397 e. The molecule has 0 aromatic rings. The molecule has 3 atom stereocenters. The van der Waals surface area contributed by atoms with Crippen LogP contribution in [-0.2, 0) is 0 Å². The van der Waals surface area contributed by atoms with Gasteiger partial charge >= 0.3 is 0 Å². The maximum Gasteiger partial charge on any atom is 0.0402 e. The molecular weight excluding hydrogens is 162 g/mol. The van der Waals surface area contributed by atoms with Crippen LogP contribution in [0, 0.1) is 11.8 Å². The summed E-state index contributed by atoms with van der Waals surface area (Å²) in [6.07, 6.45) is 4.18. The Hall–Kier alpha value is -0.0800. The Labute approximate surface area is 82.7 Å². The molecule has 1 aliphatic carbocycles. The summed E-state index contributed by atoms with van der Waals surface area (Å²) in [4.78, 5) is 0. The zero-order valence-corrected chi connectivity index (χ0v) is 9.51. The molecule has 0 aromatic carbocycles. The summed E-state index contributed by atoms with van der Waals surface area (Å²) in [5, 5.41) is 10.9. The van der Waals surface area contributed by atoms with E-state index in [1.165, 1.54) is 19.3 Å². The molecule has 1 saturated carbocycles. The van der Waals surface area contributed by atoms with Crippen molar-refractivity contribution in [3.63, 3.8) is 0 Å². The standard InChI is InChI=1S/C9H19N.C2H6O/c1-4-7(2)8-5-6-9(8)10-3;1-2-3/h7-10H,4-6H2,1-3H3;3H,2H2,1H3. The number of nitrogens with one attached hydrogen (secondary N) is 1. The highest BCUT2D eigenvalue weighted by molar-refractivity contribution is 4.88. The fraction of sp³-hybridized carbons (Fsp3) is 1.00. The van der Waals surface area contributed by atoms with Gasteiger partial charge in [0.1, 0.15) is 0 Å². The zero-order chi connectivity index (χ0) is 10.3. The van der Waals surface area contributed by atoms with E-state index in [9.17, 15) is 0 Å². The summed E-state index contributed by atoms with van der Waals surface area (Å²) in [7, 11) is 2.08. The molecule has 0 radical (unpaired) electrons. The van der Waals surface area contributed by atoms with Gasteiger partial charge in [0.05, 0.1) is 0 Å². The minimum absolute atomic E-state index is 0.250. The van der Waals surface area contributed by atoms with E-state index in [4.69, 9.17) is 5.11 Å². The summed E-state index contributed by atoms with van der Waals surface area (Å²) < 4.78 is 0. The van der Waals surface area contributed by atoms with E-state index in [0.717, 1.165) is 17.9 Å². The Morgan fingerprint density at radius 2 is 1.92 bits per heavy atom. The molecule has 13 heavy (non-hydrogen) atoms. The normalized spacial score (nSPS) is 28.4. The number of rotatable bonds is 3. The second kappa shape index (κ2) is 7.34. The fourth-order valence-electron chi connectivity index (χ4n) is 1.87.